The zero-order chi connectivity index (χ0) is 24.5. The number of aromatic carboxylic acids is 2. The molecule has 0 spiro atoms. The first kappa shape index (κ1) is 29.2. The Balaban J connectivity index is 3.26. The molecule has 0 saturated heterocycles. The maximum Gasteiger partial charge on any atom is 0.336 e. The van der Waals surface area contributed by atoms with E-state index < -0.39 is 11.9 Å². The molecule has 0 heterocycles. The predicted molar refractivity (Wildman–Crippen MR) is 138 cm³/mol. The van der Waals surface area contributed by atoms with E-state index in [2.05, 4.69) is 20.8 Å². The summed E-state index contributed by atoms with van der Waals surface area (Å²) in [6.07, 6.45) is 19.5. The standard InChI is InChI=1S/C29H48O4/c1-4-7-10-13-16-19-23-22-26(28(30)31)27(29(32)33)25(21-18-15-12-9-6-3)24(23)20-17-14-11-8-5-2/h22H,4-21H2,1-3H3,(H,30,31)(H,32,33). The number of carbonyl (C=O) groups is 2. The van der Waals surface area contributed by atoms with Gasteiger partial charge in [0.15, 0.2) is 0 Å². The zero-order valence-electron chi connectivity index (χ0n) is 21.5. The maximum absolute atomic E-state index is 12.2. The molecule has 0 bridgehead atoms. The van der Waals surface area contributed by atoms with E-state index in [1.165, 1.54) is 51.4 Å². The molecule has 0 saturated carbocycles. The van der Waals surface area contributed by atoms with Gasteiger partial charge in [0.1, 0.15) is 0 Å². The second-order valence-electron chi connectivity index (χ2n) is 9.52. The second-order valence-corrected chi connectivity index (χ2v) is 9.52. The van der Waals surface area contributed by atoms with Crippen LogP contribution in [0, 0.1) is 0 Å². The van der Waals surface area contributed by atoms with Crippen molar-refractivity contribution >= 4 is 11.9 Å². The molecule has 0 aromatic heterocycles. The molecule has 0 amide bonds. The largest absolute Gasteiger partial charge is 0.478 e. The van der Waals surface area contributed by atoms with E-state index >= 15 is 0 Å². The number of carboxylic acids is 2. The van der Waals surface area contributed by atoms with Gasteiger partial charge in [0.05, 0.1) is 11.1 Å². The van der Waals surface area contributed by atoms with E-state index in [4.69, 9.17) is 0 Å². The van der Waals surface area contributed by atoms with Crippen molar-refractivity contribution in [1.29, 1.82) is 0 Å². The van der Waals surface area contributed by atoms with Crippen LogP contribution in [0.2, 0.25) is 0 Å². The summed E-state index contributed by atoms with van der Waals surface area (Å²) in [4.78, 5) is 24.3. The molecule has 1 aromatic rings. The molecule has 0 unspecified atom stereocenters. The molecule has 2 N–H and O–H groups in total. The topological polar surface area (TPSA) is 74.6 Å². The molecular weight excluding hydrogens is 412 g/mol. The van der Waals surface area contributed by atoms with Crippen LogP contribution >= 0.6 is 0 Å². The molecule has 4 heteroatoms. The molecule has 0 aliphatic rings. The summed E-state index contributed by atoms with van der Waals surface area (Å²) in [5.74, 6) is -2.22. The van der Waals surface area contributed by atoms with Crippen molar-refractivity contribution in [2.45, 2.75) is 136 Å². The summed E-state index contributed by atoms with van der Waals surface area (Å²) >= 11 is 0. The molecule has 1 rings (SSSR count). The number of carboxylic acid groups (broad SMARTS) is 2. The van der Waals surface area contributed by atoms with Crippen molar-refractivity contribution in [3.8, 4) is 0 Å². The van der Waals surface area contributed by atoms with Crippen LogP contribution in [-0.4, -0.2) is 22.2 Å². The summed E-state index contributed by atoms with van der Waals surface area (Å²) in [7, 11) is 0. The lowest BCUT2D eigenvalue weighted by Crippen LogP contribution is -2.16. The summed E-state index contributed by atoms with van der Waals surface area (Å²) in [6, 6.07) is 1.69. The molecular formula is C29H48O4. The van der Waals surface area contributed by atoms with Crippen LogP contribution in [0.3, 0.4) is 0 Å². The molecule has 0 aliphatic heterocycles. The van der Waals surface area contributed by atoms with E-state index in [1.54, 1.807) is 6.07 Å². The molecule has 4 nitrogen and oxygen atoms in total. The van der Waals surface area contributed by atoms with Crippen molar-refractivity contribution in [3.05, 3.63) is 33.9 Å². The Labute approximate surface area is 202 Å². The van der Waals surface area contributed by atoms with Crippen molar-refractivity contribution < 1.29 is 19.8 Å². The summed E-state index contributed by atoms with van der Waals surface area (Å²) in [5.41, 5.74) is 3.03. The number of hydrogen-bond acceptors (Lipinski definition) is 2. The normalized spacial score (nSPS) is 11.1. The Bertz CT molecular complexity index is 708. The van der Waals surface area contributed by atoms with Gasteiger partial charge < -0.3 is 10.2 Å². The maximum atomic E-state index is 12.2. The Morgan fingerprint density at radius 3 is 1.42 bits per heavy atom. The van der Waals surface area contributed by atoms with Crippen molar-refractivity contribution in [3.63, 3.8) is 0 Å². The van der Waals surface area contributed by atoms with Gasteiger partial charge in [-0.3, -0.25) is 0 Å². The van der Waals surface area contributed by atoms with Crippen LogP contribution in [0.15, 0.2) is 6.07 Å². The van der Waals surface area contributed by atoms with Gasteiger partial charge >= 0.3 is 11.9 Å². The first-order chi connectivity index (χ1) is 16.0. The molecule has 0 radical (unpaired) electrons. The highest BCUT2D eigenvalue weighted by Gasteiger charge is 2.25. The summed E-state index contributed by atoms with van der Waals surface area (Å²) in [5, 5.41) is 19.9. The first-order valence-corrected chi connectivity index (χ1v) is 13.6. The lowest BCUT2D eigenvalue weighted by Gasteiger charge is -2.20. The highest BCUT2D eigenvalue weighted by Crippen LogP contribution is 2.29. The fourth-order valence-electron chi connectivity index (χ4n) is 4.79. The SMILES string of the molecule is CCCCCCCc1cc(C(=O)O)c(C(=O)O)c(CCCCCCC)c1CCCCCCC. The van der Waals surface area contributed by atoms with Crippen LogP contribution in [0.4, 0.5) is 0 Å². The van der Waals surface area contributed by atoms with E-state index in [1.807, 2.05) is 0 Å². The van der Waals surface area contributed by atoms with Gasteiger partial charge in [-0.2, -0.15) is 0 Å². The molecule has 1 aromatic carbocycles. The van der Waals surface area contributed by atoms with Crippen LogP contribution in [0.25, 0.3) is 0 Å². The second kappa shape index (κ2) is 17.6. The van der Waals surface area contributed by atoms with Crippen LogP contribution in [-0.2, 0) is 19.3 Å². The smallest absolute Gasteiger partial charge is 0.336 e. The lowest BCUT2D eigenvalue weighted by molar-refractivity contribution is 0.0650. The van der Waals surface area contributed by atoms with Crippen LogP contribution in [0.5, 0.6) is 0 Å². The Kier molecular flexibility index (Phi) is 15.6. The average molecular weight is 461 g/mol. The Morgan fingerprint density at radius 2 is 1.00 bits per heavy atom. The average Bonchev–Trinajstić information content (AvgIpc) is 2.78. The van der Waals surface area contributed by atoms with Crippen molar-refractivity contribution in [2.24, 2.45) is 0 Å². The van der Waals surface area contributed by atoms with Gasteiger partial charge in [-0.1, -0.05) is 97.8 Å². The van der Waals surface area contributed by atoms with E-state index in [0.717, 1.165) is 74.5 Å². The number of benzene rings is 1. The monoisotopic (exact) mass is 460 g/mol. The van der Waals surface area contributed by atoms with Gasteiger partial charge in [-0.05, 0) is 61.3 Å². The fourth-order valence-corrected chi connectivity index (χ4v) is 4.79. The predicted octanol–water partition coefficient (Wildman–Crippen LogP) is 8.62. The Morgan fingerprint density at radius 1 is 0.576 bits per heavy atom. The Hall–Kier alpha value is -1.84. The number of aryl methyl sites for hydroxylation is 1. The van der Waals surface area contributed by atoms with Gasteiger partial charge in [-0.15, -0.1) is 0 Å². The molecule has 0 fully saturated rings. The highest BCUT2D eigenvalue weighted by molar-refractivity contribution is 6.03. The molecule has 188 valence electrons. The minimum atomic E-state index is -1.12. The molecule has 0 aliphatic carbocycles. The van der Waals surface area contributed by atoms with Crippen LogP contribution < -0.4 is 0 Å². The van der Waals surface area contributed by atoms with Gasteiger partial charge in [-0.25, -0.2) is 9.59 Å². The fraction of sp³-hybridized carbons (Fsp3) is 0.724. The first-order valence-electron chi connectivity index (χ1n) is 13.6. The quantitative estimate of drug-likeness (QED) is 0.191. The third-order valence-corrected chi connectivity index (χ3v) is 6.70. The zero-order valence-corrected chi connectivity index (χ0v) is 21.5. The van der Waals surface area contributed by atoms with Crippen molar-refractivity contribution in [2.75, 3.05) is 0 Å². The summed E-state index contributed by atoms with van der Waals surface area (Å²) < 4.78 is 0. The molecule has 0 atom stereocenters. The minimum absolute atomic E-state index is 0.0238. The van der Waals surface area contributed by atoms with Gasteiger partial charge in [0.2, 0.25) is 0 Å². The van der Waals surface area contributed by atoms with Crippen molar-refractivity contribution in [1.82, 2.24) is 0 Å². The van der Waals surface area contributed by atoms with Gasteiger partial charge in [0.25, 0.3) is 0 Å². The third kappa shape index (κ3) is 10.8. The third-order valence-electron chi connectivity index (χ3n) is 6.70. The minimum Gasteiger partial charge on any atom is -0.478 e. The van der Waals surface area contributed by atoms with Crippen LogP contribution in [0.1, 0.15) is 154 Å². The number of hydrogen-bond donors (Lipinski definition) is 2. The lowest BCUT2D eigenvalue weighted by atomic mass is 9.84. The highest BCUT2D eigenvalue weighted by atomic mass is 16.4. The molecule has 33 heavy (non-hydrogen) atoms. The van der Waals surface area contributed by atoms with E-state index in [0.29, 0.717) is 6.42 Å². The van der Waals surface area contributed by atoms with Gasteiger partial charge in [0, 0.05) is 0 Å². The summed E-state index contributed by atoms with van der Waals surface area (Å²) in [6.45, 7) is 6.59. The van der Waals surface area contributed by atoms with E-state index in [9.17, 15) is 19.8 Å². The number of unbranched alkanes of at least 4 members (excludes halogenated alkanes) is 12. The number of rotatable bonds is 20. The van der Waals surface area contributed by atoms with E-state index in [-0.39, 0.29) is 11.1 Å².